The summed E-state index contributed by atoms with van der Waals surface area (Å²) in [5, 5.41) is 0. The van der Waals surface area contributed by atoms with Crippen LogP contribution in [0.25, 0.3) is 0 Å². The minimum absolute atomic E-state index is 0.0673. The van der Waals surface area contributed by atoms with E-state index in [-0.39, 0.29) is 31.1 Å². The smallest absolute Gasteiger partial charge is 0.306 e. The van der Waals surface area contributed by atoms with Gasteiger partial charge in [-0.05, 0) is 44.9 Å². The Morgan fingerprint density at radius 3 is 0.735 bits per heavy atom. The first-order valence-corrected chi connectivity index (χ1v) is 30.7. The summed E-state index contributed by atoms with van der Waals surface area (Å²) in [6.45, 7) is 6.69. The van der Waals surface area contributed by atoms with Crippen molar-refractivity contribution in [3.63, 3.8) is 0 Å². The van der Waals surface area contributed by atoms with Gasteiger partial charge in [-0.25, -0.2) is 0 Å². The van der Waals surface area contributed by atoms with E-state index in [4.69, 9.17) is 14.2 Å². The Bertz CT molecular complexity index is 1060. The van der Waals surface area contributed by atoms with E-state index < -0.39 is 6.10 Å². The van der Waals surface area contributed by atoms with Crippen LogP contribution in [0.15, 0.2) is 12.2 Å². The molecule has 0 amide bonds. The summed E-state index contributed by atoms with van der Waals surface area (Å²) in [6, 6.07) is 0. The summed E-state index contributed by atoms with van der Waals surface area (Å²) in [5.74, 6) is -0.850. The second kappa shape index (κ2) is 57.7. The number of unbranched alkanes of at least 4 members (excludes halogenated alkanes) is 44. The van der Waals surface area contributed by atoms with Crippen molar-refractivity contribution >= 4 is 17.9 Å². The van der Waals surface area contributed by atoms with Crippen LogP contribution in [0, 0.1) is 0 Å². The van der Waals surface area contributed by atoms with Gasteiger partial charge in [-0.2, -0.15) is 0 Å². The molecule has 0 aliphatic carbocycles. The molecule has 0 N–H and O–H groups in total. The average Bonchev–Trinajstić information content (AvgIpc) is 3.34. The van der Waals surface area contributed by atoms with Crippen molar-refractivity contribution in [2.75, 3.05) is 13.2 Å². The van der Waals surface area contributed by atoms with Crippen LogP contribution in [0.3, 0.4) is 0 Å². The highest BCUT2D eigenvalue weighted by Gasteiger charge is 2.19. The van der Waals surface area contributed by atoms with Crippen LogP contribution in [0.2, 0.25) is 0 Å². The van der Waals surface area contributed by atoms with Gasteiger partial charge in [-0.3, -0.25) is 14.4 Å². The van der Waals surface area contributed by atoms with Crippen LogP contribution >= 0.6 is 0 Å². The third-order valence-electron chi connectivity index (χ3n) is 14.0. The predicted molar refractivity (Wildman–Crippen MR) is 293 cm³/mol. The SMILES string of the molecule is CCCCCCCC/C=C\CCCCCCCC(=O)OC(COC(=O)CCCCCCCCCCCCCC)COC(=O)CCCCCCCCCCCCCCCCCCCCCCCCC. The number of ether oxygens (including phenoxy) is 3. The molecule has 0 aromatic carbocycles. The molecule has 1 unspecified atom stereocenters. The van der Waals surface area contributed by atoms with Crippen LogP contribution < -0.4 is 0 Å². The lowest BCUT2D eigenvalue weighted by Crippen LogP contribution is -2.30. The number of hydrogen-bond donors (Lipinski definition) is 0. The fourth-order valence-electron chi connectivity index (χ4n) is 9.38. The quantitative estimate of drug-likeness (QED) is 0.0262. The molecule has 1 atom stereocenters. The maximum absolute atomic E-state index is 12.8. The van der Waals surface area contributed by atoms with Crippen LogP contribution in [-0.4, -0.2) is 37.2 Å². The molecule has 6 nitrogen and oxygen atoms in total. The maximum atomic E-state index is 12.8. The second-order valence-corrected chi connectivity index (χ2v) is 21.0. The molecule has 0 aromatic heterocycles. The number of hydrogen-bond acceptors (Lipinski definition) is 6. The van der Waals surface area contributed by atoms with Crippen LogP contribution in [0.1, 0.15) is 348 Å². The molecule has 0 spiro atoms. The molecule has 0 aliphatic rings. The zero-order valence-corrected chi connectivity index (χ0v) is 46.2. The van der Waals surface area contributed by atoms with E-state index in [2.05, 4.69) is 32.9 Å². The highest BCUT2D eigenvalue weighted by Crippen LogP contribution is 2.18. The van der Waals surface area contributed by atoms with E-state index in [1.165, 1.54) is 244 Å². The van der Waals surface area contributed by atoms with E-state index >= 15 is 0 Å². The van der Waals surface area contributed by atoms with Crippen molar-refractivity contribution in [2.24, 2.45) is 0 Å². The number of carbonyl (C=O) groups is 3. The van der Waals surface area contributed by atoms with Crippen molar-refractivity contribution in [3.05, 3.63) is 12.2 Å². The second-order valence-electron chi connectivity index (χ2n) is 21.0. The first-order valence-electron chi connectivity index (χ1n) is 30.7. The molecule has 0 rings (SSSR count). The monoisotopic (exact) mass is 959 g/mol. The molecule has 0 aromatic rings. The van der Waals surface area contributed by atoms with Crippen LogP contribution in [0.4, 0.5) is 0 Å². The Labute approximate surface area is 424 Å². The molecule has 0 heterocycles. The van der Waals surface area contributed by atoms with E-state index in [0.717, 1.165) is 64.2 Å². The number of carbonyl (C=O) groups excluding carboxylic acids is 3. The van der Waals surface area contributed by atoms with Crippen molar-refractivity contribution in [3.8, 4) is 0 Å². The Balaban J connectivity index is 4.22. The van der Waals surface area contributed by atoms with Gasteiger partial charge in [0.2, 0.25) is 0 Å². The lowest BCUT2D eigenvalue weighted by Gasteiger charge is -2.18. The third kappa shape index (κ3) is 55.1. The molecule has 68 heavy (non-hydrogen) atoms. The third-order valence-corrected chi connectivity index (χ3v) is 14.0. The number of allylic oxidation sites excluding steroid dienone is 2. The minimum atomic E-state index is -0.769. The maximum Gasteiger partial charge on any atom is 0.306 e. The van der Waals surface area contributed by atoms with Gasteiger partial charge in [0.15, 0.2) is 6.10 Å². The topological polar surface area (TPSA) is 78.9 Å². The van der Waals surface area contributed by atoms with E-state index in [0.29, 0.717) is 19.3 Å². The summed E-state index contributed by atoms with van der Waals surface area (Å²) < 4.78 is 16.9. The highest BCUT2D eigenvalue weighted by molar-refractivity contribution is 5.71. The predicted octanol–water partition coefficient (Wildman–Crippen LogP) is 20.5. The lowest BCUT2D eigenvalue weighted by molar-refractivity contribution is -0.167. The fraction of sp³-hybridized carbons (Fsp3) is 0.919. The van der Waals surface area contributed by atoms with E-state index in [1.54, 1.807) is 0 Å². The zero-order valence-electron chi connectivity index (χ0n) is 46.2. The first-order chi connectivity index (χ1) is 33.5. The van der Waals surface area contributed by atoms with Crippen LogP contribution in [0.5, 0.6) is 0 Å². The van der Waals surface area contributed by atoms with Gasteiger partial charge >= 0.3 is 17.9 Å². The molecular formula is C62H118O6. The van der Waals surface area contributed by atoms with Gasteiger partial charge in [0.1, 0.15) is 13.2 Å². The molecule has 0 saturated carbocycles. The van der Waals surface area contributed by atoms with E-state index in [9.17, 15) is 14.4 Å². The molecule has 0 saturated heterocycles. The Morgan fingerprint density at radius 1 is 0.279 bits per heavy atom. The van der Waals surface area contributed by atoms with Crippen LogP contribution in [-0.2, 0) is 28.6 Å². The van der Waals surface area contributed by atoms with Crippen molar-refractivity contribution < 1.29 is 28.6 Å². The zero-order chi connectivity index (χ0) is 49.3. The molecule has 0 aliphatic heterocycles. The van der Waals surface area contributed by atoms with Gasteiger partial charge in [-0.15, -0.1) is 0 Å². The van der Waals surface area contributed by atoms with Gasteiger partial charge in [0.05, 0.1) is 0 Å². The molecule has 0 bridgehead atoms. The van der Waals surface area contributed by atoms with Gasteiger partial charge < -0.3 is 14.2 Å². The van der Waals surface area contributed by atoms with Gasteiger partial charge in [0.25, 0.3) is 0 Å². The van der Waals surface area contributed by atoms with Crippen molar-refractivity contribution in [1.82, 2.24) is 0 Å². The number of rotatable bonds is 57. The summed E-state index contributed by atoms with van der Waals surface area (Å²) in [6.07, 6.45) is 66.5. The standard InChI is InChI=1S/C62H118O6/c1-4-7-10-13-16-19-22-25-27-28-29-30-31-32-33-34-36-37-40-43-46-49-52-55-61(64)67-58-59(57-66-60(63)54-51-48-45-42-39-24-21-18-15-12-9-6-3)68-62(65)56-53-50-47-44-41-38-35-26-23-20-17-14-11-8-5-2/h26,35,59H,4-25,27-34,36-58H2,1-3H3/b35-26-. The summed E-state index contributed by atoms with van der Waals surface area (Å²) in [4.78, 5) is 38.2. The number of esters is 3. The minimum Gasteiger partial charge on any atom is -0.462 e. The van der Waals surface area contributed by atoms with Gasteiger partial charge in [-0.1, -0.05) is 296 Å². The van der Waals surface area contributed by atoms with Gasteiger partial charge in [0, 0.05) is 19.3 Å². The van der Waals surface area contributed by atoms with E-state index in [1.807, 2.05) is 0 Å². The summed E-state index contributed by atoms with van der Waals surface area (Å²) >= 11 is 0. The molecule has 0 radical (unpaired) electrons. The molecule has 0 fully saturated rings. The van der Waals surface area contributed by atoms with Crippen molar-refractivity contribution in [1.29, 1.82) is 0 Å². The largest absolute Gasteiger partial charge is 0.462 e. The fourth-order valence-corrected chi connectivity index (χ4v) is 9.38. The van der Waals surface area contributed by atoms with Crippen molar-refractivity contribution in [2.45, 2.75) is 354 Å². The lowest BCUT2D eigenvalue weighted by atomic mass is 10.0. The Kier molecular flexibility index (Phi) is 56.2. The normalized spacial score (nSPS) is 12.0. The first kappa shape index (κ1) is 66.2. The molecule has 6 heteroatoms. The highest BCUT2D eigenvalue weighted by atomic mass is 16.6. The summed E-state index contributed by atoms with van der Waals surface area (Å²) in [7, 11) is 0. The molecule has 402 valence electrons. The summed E-state index contributed by atoms with van der Waals surface area (Å²) in [5.41, 5.74) is 0. The Hall–Kier alpha value is -1.85. The molecular weight excluding hydrogens is 841 g/mol. The Morgan fingerprint density at radius 2 is 0.485 bits per heavy atom. The average molecular weight is 960 g/mol.